The molecule has 0 fully saturated rings. The molecule has 1 heterocycles. The van der Waals surface area contributed by atoms with Crippen LogP contribution in [0, 0.1) is 5.82 Å². The number of carbonyl (C=O) groups is 1. The Kier molecular flexibility index (Phi) is 5.87. The van der Waals surface area contributed by atoms with E-state index in [2.05, 4.69) is 10.3 Å². The zero-order valence-electron chi connectivity index (χ0n) is 14.7. The van der Waals surface area contributed by atoms with E-state index in [9.17, 15) is 9.18 Å². The summed E-state index contributed by atoms with van der Waals surface area (Å²) in [7, 11) is 3.07. The van der Waals surface area contributed by atoms with Crippen molar-refractivity contribution in [2.75, 3.05) is 19.5 Å². The predicted octanol–water partition coefficient (Wildman–Crippen LogP) is 4.13. The molecule has 0 unspecified atom stereocenters. The van der Waals surface area contributed by atoms with Crippen LogP contribution in [-0.2, 0) is 6.61 Å². The van der Waals surface area contributed by atoms with Crippen molar-refractivity contribution < 1.29 is 23.4 Å². The fourth-order valence-corrected chi connectivity index (χ4v) is 2.95. The number of thiazole rings is 1. The van der Waals surface area contributed by atoms with Crippen LogP contribution in [-0.4, -0.2) is 25.1 Å². The fraction of sp³-hybridized carbons (Fsp3) is 0.158. The Morgan fingerprint density at radius 1 is 1.11 bits per heavy atom. The Morgan fingerprint density at radius 3 is 2.56 bits per heavy atom. The molecule has 1 N–H and O–H groups in total. The van der Waals surface area contributed by atoms with Crippen LogP contribution in [0.2, 0.25) is 0 Å². The standard InChI is InChI=1S/C19H17FN2O4S/c1-24-16-8-5-13(9-17(16)25-2)21-19(23)15-11-27-18(22-15)10-26-14-6-3-12(20)4-7-14/h3-9,11H,10H2,1-2H3,(H,21,23). The number of ether oxygens (including phenoxy) is 3. The molecule has 0 bridgehead atoms. The van der Waals surface area contributed by atoms with Crippen molar-refractivity contribution >= 4 is 22.9 Å². The van der Waals surface area contributed by atoms with Gasteiger partial charge >= 0.3 is 0 Å². The zero-order valence-corrected chi connectivity index (χ0v) is 15.5. The van der Waals surface area contributed by atoms with Crippen molar-refractivity contribution in [3.8, 4) is 17.2 Å². The summed E-state index contributed by atoms with van der Waals surface area (Å²) in [5.41, 5.74) is 0.849. The number of rotatable bonds is 7. The number of methoxy groups -OCH3 is 2. The maximum absolute atomic E-state index is 12.9. The third kappa shape index (κ3) is 4.73. The Morgan fingerprint density at radius 2 is 1.85 bits per heavy atom. The molecule has 6 nitrogen and oxygen atoms in total. The van der Waals surface area contributed by atoms with E-state index in [1.54, 1.807) is 30.7 Å². The number of carbonyl (C=O) groups excluding carboxylic acids is 1. The highest BCUT2D eigenvalue weighted by molar-refractivity contribution is 7.09. The highest BCUT2D eigenvalue weighted by atomic mass is 32.1. The third-order valence-corrected chi connectivity index (χ3v) is 4.42. The maximum Gasteiger partial charge on any atom is 0.275 e. The first-order valence-corrected chi connectivity index (χ1v) is 8.83. The summed E-state index contributed by atoms with van der Waals surface area (Å²) in [5, 5.41) is 5.05. The SMILES string of the molecule is COc1ccc(NC(=O)c2csc(COc3ccc(F)cc3)n2)cc1OC. The van der Waals surface area contributed by atoms with Crippen molar-refractivity contribution in [3.63, 3.8) is 0 Å². The van der Waals surface area contributed by atoms with Crippen LogP contribution in [0.1, 0.15) is 15.5 Å². The lowest BCUT2D eigenvalue weighted by atomic mass is 10.2. The minimum atomic E-state index is -0.341. The van der Waals surface area contributed by atoms with E-state index in [-0.39, 0.29) is 24.0 Å². The number of halogens is 1. The molecule has 27 heavy (non-hydrogen) atoms. The van der Waals surface area contributed by atoms with Crippen molar-refractivity contribution in [2.45, 2.75) is 6.61 Å². The van der Waals surface area contributed by atoms with Gasteiger partial charge in [0.15, 0.2) is 11.5 Å². The van der Waals surface area contributed by atoms with Crippen LogP contribution in [0.4, 0.5) is 10.1 Å². The number of amides is 1. The van der Waals surface area contributed by atoms with E-state index in [0.717, 1.165) is 0 Å². The first kappa shape index (κ1) is 18.7. The van der Waals surface area contributed by atoms with Crippen molar-refractivity contribution in [2.24, 2.45) is 0 Å². The second-order valence-electron chi connectivity index (χ2n) is 5.39. The monoisotopic (exact) mass is 388 g/mol. The molecule has 2 aromatic carbocycles. The van der Waals surface area contributed by atoms with Gasteiger partial charge in [0.1, 0.15) is 28.9 Å². The van der Waals surface area contributed by atoms with Crippen LogP contribution >= 0.6 is 11.3 Å². The largest absolute Gasteiger partial charge is 0.493 e. The third-order valence-electron chi connectivity index (χ3n) is 3.60. The van der Waals surface area contributed by atoms with Crippen molar-refractivity contribution in [3.05, 3.63) is 64.4 Å². The van der Waals surface area contributed by atoms with Gasteiger partial charge < -0.3 is 19.5 Å². The molecule has 1 amide bonds. The number of anilines is 1. The smallest absolute Gasteiger partial charge is 0.275 e. The van der Waals surface area contributed by atoms with E-state index >= 15 is 0 Å². The molecule has 0 aliphatic heterocycles. The highest BCUT2D eigenvalue weighted by Crippen LogP contribution is 2.30. The average Bonchev–Trinajstić information content (AvgIpc) is 3.16. The summed E-state index contributed by atoms with van der Waals surface area (Å²) in [6, 6.07) is 10.8. The van der Waals surface area contributed by atoms with Gasteiger partial charge in [0, 0.05) is 17.1 Å². The zero-order chi connectivity index (χ0) is 19.2. The molecule has 0 aliphatic carbocycles. The topological polar surface area (TPSA) is 69.7 Å². The summed E-state index contributed by atoms with van der Waals surface area (Å²) in [6.45, 7) is 0.194. The van der Waals surface area contributed by atoms with Crippen molar-refractivity contribution in [1.29, 1.82) is 0 Å². The van der Waals surface area contributed by atoms with Gasteiger partial charge in [-0.05, 0) is 36.4 Å². The first-order valence-electron chi connectivity index (χ1n) is 7.95. The molecule has 0 atom stereocenters. The number of benzene rings is 2. The molecule has 0 saturated carbocycles. The Labute approximate surface area is 159 Å². The Balaban J connectivity index is 1.62. The lowest BCUT2D eigenvalue weighted by Crippen LogP contribution is -2.12. The number of nitrogens with one attached hydrogen (secondary N) is 1. The molecule has 0 aliphatic rings. The summed E-state index contributed by atoms with van der Waals surface area (Å²) in [4.78, 5) is 16.6. The lowest BCUT2D eigenvalue weighted by Gasteiger charge is -2.10. The molecule has 1 aromatic heterocycles. The number of nitrogens with zero attached hydrogens (tertiary/aromatic N) is 1. The van der Waals surface area contributed by atoms with Crippen molar-refractivity contribution in [1.82, 2.24) is 4.98 Å². The first-order chi connectivity index (χ1) is 13.1. The van der Waals surface area contributed by atoms with Gasteiger partial charge in [-0.2, -0.15) is 0 Å². The van der Waals surface area contributed by atoms with Gasteiger partial charge in [0.05, 0.1) is 14.2 Å². The van der Waals surface area contributed by atoms with E-state index in [4.69, 9.17) is 14.2 Å². The van der Waals surface area contributed by atoms with Crippen LogP contribution in [0.15, 0.2) is 47.8 Å². The molecule has 140 valence electrons. The van der Waals surface area contributed by atoms with Crippen LogP contribution in [0.25, 0.3) is 0 Å². The Bertz CT molecular complexity index is 928. The minimum absolute atomic E-state index is 0.194. The minimum Gasteiger partial charge on any atom is -0.493 e. The fourth-order valence-electron chi connectivity index (χ4n) is 2.27. The van der Waals surface area contributed by atoms with E-state index in [1.165, 1.54) is 42.7 Å². The summed E-state index contributed by atoms with van der Waals surface area (Å²) < 4.78 is 28.8. The van der Waals surface area contributed by atoms with Crippen LogP contribution in [0.5, 0.6) is 17.2 Å². The highest BCUT2D eigenvalue weighted by Gasteiger charge is 2.13. The van der Waals surface area contributed by atoms with Crippen LogP contribution < -0.4 is 19.5 Å². The van der Waals surface area contributed by atoms with Gasteiger partial charge in [-0.15, -0.1) is 11.3 Å². The molecule has 0 spiro atoms. The van der Waals surface area contributed by atoms with E-state index in [0.29, 0.717) is 27.9 Å². The average molecular weight is 388 g/mol. The summed E-state index contributed by atoms with van der Waals surface area (Å²) in [5.74, 6) is 0.950. The summed E-state index contributed by atoms with van der Waals surface area (Å²) >= 11 is 1.31. The number of hydrogen-bond donors (Lipinski definition) is 1. The molecule has 0 saturated heterocycles. The van der Waals surface area contributed by atoms with Gasteiger partial charge in [-0.1, -0.05) is 0 Å². The van der Waals surface area contributed by atoms with Gasteiger partial charge in [-0.25, -0.2) is 9.37 Å². The van der Waals surface area contributed by atoms with E-state index in [1.807, 2.05) is 0 Å². The quantitative estimate of drug-likeness (QED) is 0.659. The molecular weight excluding hydrogens is 371 g/mol. The number of aromatic nitrogens is 1. The van der Waals surface area contributed by atoms with Crippen LogP contribution in [0.3, 0.4) is 0 Å². The molecule has 3 rings (SSSR count). The Hall–Kier alpha value is -3.13. The molecule has 0 radical (unpaired) electrons. The second-order valence-corrected chi connectivity index (χ2v) is 6.34. The van der Waals surface area contributed by atoms with Gasteiger partial charge in [0.2, 0.25) is 0 Å². The van der Waals surface area contributed by atoms with Gasteiger partial charge in [-0.3, -0.25) is 4.79 Å². The normalized spacial score (nSPS) is 10.3. The lowest BCUT2D eigenvalue weighted by molar-refractivity contribution is 0.102. The second kappa shape index (κ2) is 8.50. The van der Waals surface area contributed by atoms with Gasteiger partial charge in [0.25, 0.3) is 5.91 Å². The molecule has 3 aromatic rings. The molecule has 8 heteroatoms. The predicted molar refractivity (Wildman–Crippen MR) is 100 cm³/mol. The number of hydrogen-bond acceptors (Lipinski definition) is 6. The molecular formula is C19H17FN2O4S. The maximum atomic E-state index is 12.9. The summed E-state index contributed by atoms with van der Waals surface area (Å²) in [6.07, 6.45) is 0. The van der Waals surface area contributed by atoms with E-state index < -0.39 is 0 Å².